The van der Waals surface area contributed by atoms with E-state index in [1.54, 1.807) is 20.1 Å². The first-order valence-corrected chi connectivity index (χ1v) is 9.29. The monoisotopic (exact) mass is 388 g/mol. The van der Waals surface area contributed by atoms with Crippen molar-refractivity contribution in [1.29, 1.82) is 0 Å². The van der Waals surface area contributed by atoms with Crippen LogP contribution in [0.3, 0.4) is 0 Å². The Balaban J connectivity index is 2.01. The Hall–Kier alpha value is -3.73. The Kier molecular flexibility index (Phi) is 4.96. The lowest BCUT2D eigenvalue weighted by Gasteiger charge is -2.06. The SMILES string of the molecule is CCOC(=O)c1c(-c2ccccc2)oc2c(-c3ccc(OC)cc3)cc(O)cc12. The summed E-state index contributed by atoms with van der Waals surface area (Å²) in [5.74, 6) is 0.687. The number of ether oxygens (including phenoxy) is 2. The summed E-state index contributed by atoms with van der Waals surface area (Å²) in [4.78, 5) is 12.8. The molecule has 146 valence electrons. The number of aromatic hydroxyl groups is 1. The molecule has 3 aromatic carbocycles. The third-order valence-electron chi connectivity index (χ3n) is 4.69. The van der Waals surface area contributed by atoms with E-state index in [1.165, 1.54) is 6.07 Å². The van der Waals surface area contributed by atoms with Crippen LogP contribution in [0.4, 0.5) is 0 Å². The summed E-state index contributed by atoms with van der Waals surface area (Å²) in [5, 5.41) is 10.9. The van der Waals surface area contributed by atoms with Crippen LogP contribution in [0.15, 0.2) is 71.1 Å². The number of fused-ring (bicyclic) bond motifs is 1. The van der Waals surface area contributed by atoms with E-state index < -0.39 is 5.97 Å². The van der Waals surface area contributed by atoms with Gasteiger partial charge in [-0.2, -0.15) is 0 Å². The Morgan fingerprint density at radius 2 is 1.72 bits per heavy atom. The van der Waals surface area contributed by atoms with Gasteiger partial charge >= 0.3 is 5.97 Å². The van der Waals surface area contributed by atoms with Crippen molar-refractivity contribution in [3.63, 3.8) is 0 Å². The molecule has 4 aromatic rings. The van der Waals surface area contributed by atoms with Gasteiger partial charge in [-0.25, -0.2) is 4.79 Å². The highest BCUT2D eigenvalue weighted by atomic mass is 16.5. The van der Waals surface area contributed by atoms with Gasteiger partial charge in [0.05, 0.1) is 13.7 Å². The van der Waals surface area contributed by atoms with Crippen molar-refractivity contribution in [2.45, 2.75) is 6.92 Å². The molecule has 0 atom stereocenters. The molecule has 0 saturated heterocycles. The van der Waals surface area contributed by atoms with Crippen LogP contribution in [0, 0.1) is 0 Å². The normalized spacial score (nSPS) is 10.8. The van der Waals surface area contributed by atoms with E-state index in [-0.39, 0.29) is 12.4 Å². The van der Waals surface area contributed by atoms with Crippen molar-refractivity contribution in [2.24, 2.45) is 0 Å². The first-order chi connectivity index (χ1) is 14.1. The summed E-state index contributed by atoms with van der Waals surface area (Å²) in [6.07, 6.45) is 0. The van der Waals surface area contributed by atoms with Gasteiger partial charge in [0.1, 0.15) is 28.4 Å². The van der Waals surface area contributed by atoms with Crippen molar-refractivity contribution in [3.8, 4) is 33.9 Å². The van der Waals surface area contributed by atoms with E-state index in [9.17, 15) is 9.90 Å². The molecule has 5 heteroatoms. The lowest BCUT2D eigenvalue weighted by molar-refractivity contribution is 0.0529. The number of carbonyl (C=O) groups is 1. The Bertz CT molecular complexity index is 1160. The predicted octanol–water partition coefficient (Wildman–Crippen LogP) is 5.66. The number of furan rings is 1. The van der Waals surface area contributed by atoms with E-state index in [1.807, 2.05) is 54.6 Å². The molecular formula is C24H20O5. The predicted molar refractivity (Wildman–Crippen MR) is 111 cm³/mol. The topological polar surface area (TPSA) is 68.9 Å². The number of methoxy groups -OCH3 is 1. The second-order valence-electron chi connectivity index (χ2n) is 6.49. The second kappa shape index (κ2) is 7.72. The maximum absolute atomic E-state index is 12.8. The van der Waals surface area contributed by atoms with Gasteiger partial charge in [-0.1, -0.05) is 42.5 Å². The second-order valence-corrected chi connectivity index (χ2v) is 6.49. The maximum Gasteiger partial charge on any atom is 0.342 e. The minimum absolute atomic E-state index is 0.0364. The first-order valence-electron chi connectivity index (χ1n) is 9.29. The number of phenolic OH excluding ortho intramolecular Hbond substituents is 1. The van der Waals surface area contributed by atoms with E-state index >= 15 is 0 Å². The quantitative estimate of drug-likeness (QED) is 0.447. The van der Waals surface area contributed by atoms with Crippen LogP contribution >= 0.6 is 0 Å². The zero-order valence-electron chi connectivity index (χ0n) is 16.1. The molecule has 1 N–H and O–H groups in total. The molecule has 1 aromatic heterocycles. The molecule has 0 radical (unpaired) electrons. The van der Waals surface area contributed by atoms with Crippen LogP contribution in [0.2, 0.25) is 0 Å². The number of hydrogen-bond donors (Lipinski definition) is 1. The average molecular weight is 388 g/mol. The van der Waals surface area contributed by atoms with Gasteiger partial charge in [-0.15, -0.1) is 0 Å². The first kappa shape index (κ1) is 18.6. The fourth-order valence-corrected chi connectivity index (χ4v) is 3.37. The summed E-state index contributed by atoms with van der Waals surface area (Å²) < 4.78 is 16.7. The highest BCUT2D eigenvalue weighted by molar-refractivity contribution is 6.12. The number of hydrogen-bond acceptors (Lipinski definition) is 5. The third kappa shape index (κ3) is 3.43. The van der Waals surface area contributed by atoms with Gasteiger partial charge in [-0.05, 0) is 36.8 Å². The van der Waals surface area contributed by atoms with Crippen LogP contribution in [-0.4, -0.2) is 24.8 Å². The zero-order valence-corrected chi connectivity index (χ0v) is 16.1. The highest BCUT2D eigenvalue weighted by Crippen LogP contribution is 2.41. The van der Waals surface area contributed by atoms with Gasteiger partial charge in [0, 0.05) is 16.5 Å². The maximum atomic E-state index is 12.8. The molecule has 4 rings (SSSR count). The number of rotatable bonds is 5. The molecule has 0 aliphatic heterocycles. The van der Waals surface area contributed by atoms with Gasteiger partial charge in [0.25, 0.3) is 0 Å². The summed E-state index contributed by atoms with van der Waals surface area (Å²) in [6.45, 7) is 1.99. The Morgan fingerprint density at radius 3 is 2.38 bits per heavy atom. The molecule has 0 amide bonds. The molecule has 1 heterocycles. The van der Waals surface area contributed by atoms with Crippen LogP contribution in [0.5, 0.6) is 11.5 Å². The zero-order chi connectivity index (χ0) is 20.4. The number of esters is 1. The van der Waals surface area contributed by atoms with E-state index in [0.29, 0.717) is 27.9 Å². The molecule has 5 nitrogen and oxygen atoms in total. The standard InChI is InChI=1S/C24H20O5/c1-3-28-24(26)21-20-14-17(25)13-19(15-9-11-18(27-2)12-10-15)23(20)29-22(21)16-7-5-4-6-8-16/h4-14,25H,3H2,1-2H3. The van der Waals surface area contributed by atoms with Gasteiger partial charge in [0.2, 0.25) is 0 Å². The van der Waals surface area contributed by atoms with Crippen LogP contribution < -0.4 is 4.74 Å². The fraction of sp³-hybridized carbons (Fsp3) is 0.125. The molecule has 0 fully saturated rings. The largest absolute Gasteiger partial charge is 0.508 e. The van der Waals surface area contributed by atoms with Crippen LogP contribution in [-0.2, 0) is 4.74 Å². The number of benzene rings is 3. The fourth-order valence-electron chi connectivity index (χ4n) is 3.37. The van der Waals surface area contributed by atoms with Crippen molar-refractivity contribution >= 4 is 16.9 Å². The van der Waals surface area contributed by atoms with Crippen molar-refractivity contribution in [3.05, 3.63) is 72.3 Å². The van der Waals surface area contributed by atoms with Crippen LogP contribution in [0.1, 0.15) is 17.3 Å². The molecule has 0 spiro atoms. The lowest BCUT2D eigenvalue weighted by Crippen LogP contribution is -2.05. The van der Waals surface area contributed by atoms with Crippen molar-refractivity contribution in [2.75, 3.05) is 13.7 Å². The van der Waals surface area contributed by atoms with Gasteiger partial charge < -0.3 is 19.0 Å². The number of phenols is 1. The van der Waals surface area contributed by atoms with Gasteiger partial charge in [0.15, 0.2) is 0 Å². The minimum atomic E-state index is -0.489. The van der Waals surface area contributed by atoms with E-state index in [4.69, 9.17) is 13.9 Å². The third-order valence-corrected chi connectivity index (χ3v) is 4.69. The summed E-state index contributed by atoms with van der Waals surface area (Å²) in [6, 6.07) is 20.0. The van der Waals surface area contributed by atoms with Gasteiger partial charge in [-0.3, -0.25) is 0 Å². The minimum Gasteiger partial charge on any atom is -0.508 e. The lowest BCUT2D eigenvalue weighted by atomic mass is 10.00. The molecule has 29 heavy (non-hydrogen) atoms. The molecule has 0 saturated carbocycles. The van der Waals surface area contributed by atoms with E-state index in [0.717, 1.165) is 16.9 Å². The molecule has 0 unspecified atom stereocenters. The Morgan fingerprint density at radius 1 is 1.00 bits per heavy atom. The summed E-state index contributed by atoms with van der Waals surface area (Å²) >= 11 is 0. The molecule has 0 bridgehead atoms. The van der Waals surface area contributed by atoms with E-state index in [2.05, 4.69) is 0 Å². The average Bonchev–Trinajstić information content (AvgIpc) is 3.13. The highest BCUT2D eigenvalue weighted by Gasteiger charge is 2.25. The Labute approximate surface area is 168 Å². The van der Waals surface area contributed by atoms with Crippen molar-refractivity contribution in [1.82, 2.24) is 0 Å². The molecule has 0 aliphatic rings. The molecular weight excluding hydrogens is 368 g/mol. The van der Waals surface area contributed by atoms with Crippen LogP contribution in [0.25, 0.3) is 33.4 Å². The smallest absolute Gasteiger partial charge is 0.342 e. The summed E-state index contributed by atoms with van der Waals surface area (Å²) in [5.41, 5.74) is 3.08. The summed E-state index contributed by atoms with van der Waals surface area (Å²) in [7, 11) is 1.60. The van der Waals surface area contributed by atoms with Crippen molar-refractivity contribution < 1.29 is 23.8 Å². The number of carbonyl (C=O) groups excluding carboxylic acids is 1. The molecule has 0 aliphatic carbocycles.